The van der Waals surface area contributed by atoms with Crippen molar-refractivity contribution in [2.24, 2.45) is 45.3 Å². The molecule has 5 heteroatoms. The van der Waals surface area contributed by atoms with Gasteiger partial charge in [0.25, 0.3) is 0 Å². The zero-order valence-electron chi connectivity index (χ0n) is 22.9. The van der Waals surface area contributed by atoms with Gasteiger partial charge in [0.2, 0.25) is 0 Å². The molecule has 5 nitrogen and oxygen atoms in total. The molecule has 10 atom stereocenters. The molecule has 6 rings (SSSR count). The maximum absolute atomic E-state index is 12.8. The third-order valence-corrected chi connectivity index (χ3v) is 13.1. The number of fused-ring (bicyclic) bond motifs is 6. The van der Waals surface area contributed by atoms with E-state index in [0.29, 0.717) is 30.1 Å². The van der Waals surface area contributed by atoms with Crippen LogP contribution < -0.4 is 5.32 Å². The number of esters is 1. The minimum Gasteiger partial charge on any atom is -0.461 e. The topological polar surface area (TPSA) is 82.4 Å². The van der Waals surface area contributed by atoms with Crippen molar-refractivity contribution in [3.8, 4) is 0 Å². The minimum atomic E-state index is -0.345. The van der Waals surface area contributed by atoms with Gasteiger partial charge in [-0.1, -0.05) is 34.1 Å². The average molecular weight is 498 g/mol. The molecule has 200 valence electrons. The fourth-order valence-electron chi connectivity index (χ4n) is 11.3. The Labute approximate surface area is 217 Å². The highest BCUT2D eigenvalue weighted by Crippen LogP contribution is 2.74. The molecular weight excluding hydrogens is 450 g/mol. The van der Waals surface area contributed by atoms with Crippen molar-refractivity contribution >= 4 is 18.5 Å². The number of aldehydes is 2. The van der Waals surface area contributed by atoms with E-state index >= 15 is 0 Å². The Balaban J connectivity index is 1.18. The predicted octanol–water partition coefficient (Wildman–Crippen LogP) is 5.64. The zero-order chi connectivity index (χ0) is 25.6. The first-order valence-electron chi connectivity index (χ1n) is 14.9. The van der Waals surface area contributed by atoms with Crippen molar-refractivity contribution in [3.63, 3.8) is 0 Å². The Morgan fingerprint density at radius 2 is 1.78 bits per heavy atom. The SMILES string of the molecule is CC(C)(CC=O)CC(=O)OC1CCC2(C)C3CCC4C(CCC5(C=O)CCC[C@H]45)C3(C)CCC23NC13. The lowest BCUT2D eigenvalue weighted by molar-refractivity contribution is -0.175. The standard InChI is InChI=1S/C31H47NO4/c1-27(2,16-17-33)18-25(35)36-23-10-12-29(4)24-8-7-20-21(9-13-30(19-34)11-5-6-22(20)30)28(24,3)14-15-31(29)26(23)32-31/h17,19-24,26,32H,5-16,18H2,1-4H3/t20?,21?,22-,23?,24?,26?,28?,29?,30?,31?/m1/s1. The molecule has 6 aliphatic rings. The Bertz CT molecular complexity index is 947. The molecule has 5 aliphatic carbocycles. The number of hydrogen-bond donors (Lipinski definition) is 1. The third-order valence-electron chi connectivity index (χ3n) is 13.1. The summed E-state index contributed by atoms with van der Waals surface area (Å²) in [5.74, 6) is 2.67. The number of rotatable bonds is 6. The van der Waals surface area contributed by atoms with Gasteiger partial charge in [0.05, 0.1) is 12.5 Å². The lowest BCUT2D eigenvalue weighted by Gasteiger charge is -2.66. The van der Waals surface area contributed by atoms with Crippen molar-refractivity contribution < 1.29 is 19.1 Å². The van der Waals surface area contributed by atoms with Gasteiger partial charge < -0.3 is 19.6 Å². The summed E-state index contributed by atoms with van der Waals surface area (Å²) in [5.41, 5.74) is 0.361. The molecule has 0 aromatic carbocycles. The summed E-state index contributed by atoms with van der Waals surface area (Å²) < 4.78 is 6.08. The van der Waals surface area contributed by atoms with Crippen LogP contribution in [0.15, 0.2) is 0 Å². The average Bonchev–Trinajstić information content (AvgIpc) is 3.42. The second kappa shape index (κ2) is 8.13. The third kappa shape index (κ3) is 3.32. The number of nitrogens with one attached hydrogen (secondary N) is 1. The van der Waals surface area contributed by atoms with Gasteiger partial charge in [-0.3, -0.25) is 4.79 Å². The van der Waals surface area contributed by atoms with Gasteiger partial charge in [0.1, 0.15) is 18.7 Å². The van der Waals surface area contributed by atoms with Gasteiger partial charge in [0, 0.05) is 17.4 Å². The van der Waals surface area contributed by atoms with Crippen LogP contribution in [0.1, 0.15) is 111 Å². The summed E-state index contributed by atoms with van der Waals surface area (Å²) in [6.07, 6.45) is 16.0. The molecule has 1 spiro atoms. The van der Waals surface area contributed by atoms with E-state index in [4.69, 9.17) is 4.74 Å². The van der Waals surface area contributed by atoms with Gasteiger partial charge in [-0.05, 0) is 104 Å². The monoisotopic (exact) mass is 497 g/mol. The molecular formula is C31H47NO4. The number of hydrogen-bond acceptors (Lipinski definition) is 5. The second-order valence-corrected chi connectivity index (χ2v) is 15.1. The first-order valence-corrected chi connectivity index (χ1v) is 14.9. The fraction of sp³-hybridized carbons (Fsp3) is 0.903. The molecule has 1 N–H and O–H groups in total. The molecule has 0 aromatic heterocycles. The lowest BCUT2D eigenvalue weighted by atomic mass is 9.38. The Hall–Kier alpha value is -1.23. The van der Waals surface area contributed by atoms with Crippen LogP contribution in [0.4, 0.5) is 0 Å². The number of ether oxygens (including phenoxy) is 1. The summed E-state index contributed by atoms with van der Waals surface area (Å²) in [5, 5.41) is 3.92. The van der Waals surface area contributed by atoms with Gasteiger partial charge in [-0.2, -0.15) is 0 Å². The molecule has 1 aliphatic heterocycles. The highest BCUT2D eigenvalue weighted by atomic mass is 16.5. The Morgan fingerprint density at radius 1 is 0.972 bits per heavy atom. The smallest absolute Gasteiger partial charge is 0.306 e. The minimum absolute atomic E-state index is 0.00444. The van der Waals surface area contributed by atoms with Gasteiger partial charge >= 0.3 is 5.97 Å². The van der Waals surface area contributed by atoms with E-state index in [0.717, 1.165) is 43.8 Å². The van der Waals surface area contributed by atoms with Crippen LogP contribution in [-0.2, 0) is 19.1 Å². The maximum Gasteiger partial charge on any atom is 0.306 e. The number of carbonyl (C=O) groups is 3. The van der Waals surface area contributed by atoms with Crippen LogP contribution in [0.2, 0.25) is 0 Å². The highest BCUT2D eigenvalue weighted by Gasteiger charge is 2.76. The van der Waals surface area contributed by atoms with Crippen molar-refractivity contribution in [2.75, 3.05) is 0 Å². The molecule has 0 aromatic rings. The summed E-state index contributed by atoms with van der Waals surface area (Å²) in [7, 11) is 0. The molecule has 5 saturated carbocycles. The first-order chi connectivity index (χ1) is 17.0. The summed E-state index contributed by atoms with van der Waals surface area (Å²) in [6, 6.07) is 0.278. The molecule has 9 unspecified atom stereocenters. The Morgan fingerprint density at radius 3 is 2.53 bits per heavy atom. The van der Waals surface area contributed by atoms with E-state index in [9.17, 15) is 14.4 Å². The zero-order valence-corrected chi connectivity index (χ0v) is 22.9. The van der Waals surface area contributed by atoms with Crippen LogP contribution >= 0.6 is 0 Å². The molecule has 0 radical (unpaired) electrons. The van der Waals surface area contributed by atoms with E-state index in [2.05, 4.69) is 19.2 Å². The normalized spacial score (nSPS) is 51.0. The van der Waals surface area contributed by atoms with Crippen LogP contribution in [0.25, 0.3) is 0 Å². The van der Waals surface area contributed by atoms with E-state index in [1.165, 1.54) is 51.2 Å². The largest absolute Gasteiger partial charge is 0.461 e. The first kappa shape index (κ1) is 25.1. The van der Waals surface area contributed by atoms with Crippen molar-refractivity contribution in [2.45, 2.75) is 129 Å². The van der Waals surface area contributed by atoms with E-state index < -0.39 is 0 Å². The second-order valence-electron chi connectivity index (χ2n) is 15.1. The summed E-state index contributed by atoms with van der Waals surface area (Å²) in [6.45, 7) is 9.10. The number of carbonyl (C=O) groups excluding carboxylic acids is 3. The quantitative estimate of drug-likeness (QED) is 0.292. The van der Waals surface area contributed by atoms with Crippen LogP contribution in [0.3, 0.4) is 0 Å². The van der Waals surface area contributed by atoms with Gasteiger partial charge in [-0.15, -0.1) is 0 Å². The molecule has 6 fully saturated rings. The predicted molar refractivity (Wildman–Crippen MR) is 138 cm³/mol. The van der Waals surface area contributed by atoms with Crippen molar-refractivity contribution in [1.29, 1.82) is 0 Å². The molecule has 1 heterocycles. The van der Waals surface area contributed by atoms with Gasteiger partial charge in [0.15, 0.2) is 0 Å². The summed E-state index contributed by atoms with van der Waals surface area (Å²) in [4.78, 5) is 36.0. The maximum atomic E-state index is 12.8. The van der Waals surface area contributed by atoms with Crippen LogP contribution in [0.5, 0.6) is 0 Å². The lowest BCUT2D eigenvalue weighted by Crippen LogP contribution is -2.63. The highest BCUT2D eigenvalue weighted by molar-refractivity contribution is 5.71. The van der Waals surface area contributed by atoms with Crippen molar-refractivity contribution in [1.82, 2.24) is 5.32 Å². The van der Waals surface area contributed by atoms with Gasteiger partial charge in [-0.25, -0.2) is 0 Å². The summed E-state index contributed by atoms with van der Waals surface area (Å²) >= 11 is 0. The molecule has 36 heavy (non-hydrogen) atoms. The van der Waals surface area contributed by atoms with E-state index in [1.807, 2.05) is 13.8 Å². The van der Waals surface area contributed by atoms with Crippen LogP contribution in [0, 0.1) is 45.3 Å². The molecule has 0 amide bonds. The van der Waals surface area contributed by atoms with Crippen molar-refractivity contribution in [3.05, 3.63) is 0 Å². The molecule has 0 bridgehead atoms. The Kier molecular flexibility index (Phi) is 5.66. The fourth-order valence-corrected chi connectivity index (χ4v) is 11.3. The van der Waals surface area contributed by atoms with E-state index in [1.54, 1.807) is 0 Å². The molecule has 1 saturated heterocycles. The van der Waals surface area contributed by atoms with E-state index in [-0.39, 0.29) is 39.9 Å². The van der Waals surface area contributed by atoms with Crippen LogP contribution in [-0.4, -0.2) is 36.2 Å².